The van der Waals surface area contributed by atoms with Crippen LogP contribution in [-0.4, -0.2) is 5.91 Å². The van der Waals surface area contributed by atoms with Crippen LogP contribution in [0.3, 0.4) is 0 Å². The molecule has 1 amide bonds. The van der Waals surface area contributed by atoms with E-state index in [1.165, 1.54) is 6.07 Å². The fourth-order valence-corrected chi connectivity index (χ4v) is 2.51. The molecule has 2 aromatic carbocycles. The normalized spacial score (nSPS) is 10.2. The number of carbonyl (C=O) groups is 1. The maximum absolute atomic E-state index is 13.6. The highest BCUT2D eigenvalue weighted by Crippen LogP contribution is 2.19. The second-order valence-corrected chi connectivity index (χ2v) is 5.97. The average molecular weight is 467 g/mol. The summed E-state index contributed by atoms with van der Waals surface area (Å²) in [7, 11) is 0. The molecule has 0 atom stereocenters. The Morgan fingerprint density at radius 2 is 1.83 bits per heavy atom. The van der Waals surface area contributed by atoms with Crippen molar-refractivity contribution in [2.24, 2.45) is 0 Å². The molecule has 0 heterocycles. The van der Waals surface area contributed by atoms with Crippen molar-refractivity contribution in [3.63, 3.8) is 0 Å². The lowest BCUT2D eigenvalue weighted by Crippen LogP contribution is -2.14. The van der Waals surface area contributed by atoms with E-state index in [0.29, 0.717) is 5.56 Å². The fourth-order valence-electron chi connectivity index (χ4n) is 1.43. The van der Waals surface area contributed by atoms with Crippen molar-refractivity contribution in [2.45, 2.75) is 0 Å². The van der Waals surface area contributed by atoms with Gasteiger partial charge in [-0.05, 0) is 75.5 Å². The van der Waals surface area contributed by atoms with Crippen LogP contribution >= 0.6 is 45.2 Å². The molecule has 0 saturated heterocycles. The SMILES string of the molecule is O=C(Nc1ccc(I)cc1F)c1ccccc1I. The van der Waals surface area contributed by atoms with Gasteiger partial charge in [0.25, 0.3) is 5.91 Å². The molecule has 2 aromatic rings. The summed E-state index contributed by atoms with van der Waals surface area (Å²) in [6.45, 7) is 0. The van der Waals surface area contributed by atoms with E-state index in [2.05, 4.69) is 27.9 Å². The van der Waals surface area contributed by atoms with E-state index >= 15 is 0 Å². The number of benzene rings is 2. The van der Waals surface area contributed by atoms with E-state index in [1.807, 2.05) is 34.7 Å². The van der Waals surface area contributed by atoms with Gasteiger partial charge in [-0.1, -0.05) is 12.1 Å². The van der Waals surface area contributed by atoms with Gasteiger partial charge in [0.1, 0.15) is 5.82 Å². The third-order valence-electron chi connectivity index (χ3n) is 2.30. The van der Waals surface area contributed by atoms with Crippen LogP contribution in [0.25, 0.3) is 0 Å². The predicted molar refractivity (Wildman–Crippen MR) is 86.2 cm³/mol. The van der Waals surface area contributed by atoms with E-state index in [9.17, 15) is 9.18 Å². The van der Waals surface area contributed by atoms with E-state index < -0.39 is 5.82 Å². The lowest BCUT2D eigenvalue weighted by atomic mass is 10.2. The van der Waals surface area contributed by atoms with E-state index in [-0.39, 0.29) is 11.6 Å². The molecule has 0 fully saturated rings. The minimum atomic E-state index is -0.429. The van der Waals surface area contributed by atoms with Crippen molar-refractivity contribution in [2.75, 3.05) is 5.32 Å². The van der Waals surface area contributed by atoms with Crippen LogP contribution in [0.1, 0.15) is 10.4 Å². The summed E-state index contributed by atoms with van der Waals surface area (Å²) in [4.78, 5) is 12.0. The van der Waals surface area contributed by atoms with Gasteiger partial charge in [0, 0.05) is 7.14 Å². The molecule has 2 rings (SSSR count). The Bertz CT molecular complexity index is 601. The molecule has 0 saturated carbocycles. The Morgan fingerprint density at radius 3 is 2.50 bits per heavy atom. The number of halogens is 3. The number of carbonyl (C=O) groups excluding carboxylic acids is 1. The summed E-state index contributed by atoms with van der Waals surface area (Å²) in [5.41, 5.74) is 0.733. The summed E-state index contributed by atoms with van der Waals surface area (Å²) in [6, 6.07) is 11.9. The fraction of sp³-hybridized carbons (Fsp3) is 0. The van der Waals surface area contributed by atoms with E-state index in [4.69, 9.17) is 0 Å². The van der Waals surface area contributed by atoms with Gasteiger partial charge in [-0.2, -0.15) is 0 Å². The minimum Gasteiger partial charge on any atom is -0.319 e. The summed E-state index contributed by atoms with van der Waals surface area (Å²) in [5.74, 6) is -0.735. The lowest BCUT2D eigenvalue weighted by Gasteiger charge is -2.08. The number of hydrogen-bond donors (Lipinski definition) is 1. The van der Waals surface area contributed by atoms with Crippen molar-refractivity contribution in [1.29, 1.82) is 0 Å². The molecule has 0 radical (unpaired) electrons. The maximum atomic E-state index is 13.6. The number of nitrogens with one attached hydrogen (secondary N) is 1. The first-order valence-electron chi connectivity index (χ1n) is 5.09. The van der Waals surface area contributed by atoms with Crippen LogP contribution in [0.2, 0.25) is 0 Å². The molecule has 18 heavy (non-hydrogen) atoms. The highest BCUT2D eigenvalue weighted by Gasteiger charge is 2.11. The molecule has 0 unspecified atom stereocenters. The third-order valence-corrected chi connectivity index (χ3v) is 3.91. The Hall–Kier alpha value is -0.700. The second kappa shape index (κ2) is 5.96. The molecule has 0 aliphatic heterocycles. The van der Waals surface area contributed by atoms with E-state index in [1.54, 1.807) is 24.3 Å². The van der Waals surface area contributed by atoms with Crippen LogP contribution < -0.4 is 5.32 Å². The van der Waals surface area contributed by atoms with Crippen molar-refractivity contribution < 1.29 is 9.18 Å². The number of rotatable bonds is 2. The van der Waals surface area contributed by atoms with Crippen molar-refractivity contribution in [3.05, 3.63) is 61.0 Å². The van der Waals surface area contributed by atoms with Gasteiger partial charge in [-0.15, -0.1) is 0 Å². The topological polar surface area (TPSA) is 29.1 Å². The lowest BCUT2D eigenvalue weighted by molar-refractivity contribution is 0.102. The van der Waals surface area contributed by atoms with Gasteiger partial charge >= 0.3 is 0 Å². The first-order chi connectivity index (χ1) is 8.58. The maximum Gasteiger partial charge on any atom is 0.256 e. The van der Waals surface area contributed by atoms with Crippen LogP contribution in [0, 0.1) is 13.0 Å². The second-order valence-electron chi connectivity index (χ2n) is 3.56. The molecular weight excluding hydrogens is 459 g/mol. The monoisotopic (exact) mass is 467 g/mol. The number of amides is 1. The van der Waals surface area contributed by atoms with E-state index in [0.717, 1.165) is 7.14 Å². The largest absolute Gasteiger partial charge is 0.319 e. The molecule has 92 valence electrons. The van der Waals surface area contributed by atoms with Crippen LogP contribution in [-0.2, 0) is 0 Å². The third kappa shape index (κ3) is 3.19. The summed E-state index contributed by atoms with van der Waals surface area (Å²) in [6.07, 6.45) is 0. The summed E-state index contributed by atoms with van der Waals surface area (Å²) >= 11 is 4.10. The summed E-state index contributed by atoms with van der Waals surface area (Å²) in [5, 5.41) is 2.57. The van der Waals surface area contributed by atoms with Gasteiger partial charge in [-0.3, -0.25) is 4.79 Å². The standard InChI is InChI=1S/C13H8FI2NO/c14-10-7-8(15)5-6-12(10)17-13(18)9-3-1-2-4-11(9)16/h1-7H,(H,17,18). The number of hydrogen-bond acceptors (Lipinski definition) is 1. The molecule has 0 spiro atoms. The molecule has 0 aliphatic carbocycles. The quantitative estimate of drug-likeness (QED) is 0.657. The zero-order chi connectivity index (χ0) is 13.1. The molecule has 0 aliphatic rings. The molecule has 1 N–H and O–H groups in total. The van der Waals surface area contributed by atoms with Gasteiger partial charge in [0.2, 0.25) is 0 Å². The Kier molecular flexibility index (Phi) is 4.55. The highest BCUT2D eigenvalue weighted by atomic mass is 127. The molecule has 2 nitrogen and oxygen atoms in total. The van der Waals surface area contributed by atoms with Crippen molar-refractivity contribution >= 4 is 56.8 Å². The average Bonchev–Trinajstić information content (AvgIpc) is 2.33. The van der Waals surface area contributed by atoms with Gasteiger partial charge in [0.05, 0.1) is 11.3 Å². The molecule has 5 heteroatoms. The highest BCUT2D eigenvalue weighted by molar-refractivity contribution is 14.1. The van der Waals surface area contributed by atoms with Crippen molar-refractivity contribution in [3.8, 4) is 0 Å². The molecular formula is C13H8FI2NO. The first kappa shape index (κ1) is 13.7. The smallest absolute Gasteiger partial charge is 0.256 e. The molecule has 0 aromatic heterocycles. The Balaban J connectivity index is 2.24. The zero-order valence-corrected chi connectivity index (χ0v) is 13.4. The summed E-state index contributed by atoms with van der Waals surface area (Å²) < 4.78 is 15.2. The van der Waals surface area contributed by atoms with Gasteiger partial charge < -0.3 is 5.32 Å². The Labute approximate surface area is 131 Å². The van der Waals surface area contributed by atoms with Crippen LogP contribution in [0.4, 0.5) is 10.1 Å². The number of anilines is 1. The zero-order valence-electron chi connectivity index (χ0n) is 9.08. The van der Waals surface area contributed by atoms with Crippen LogP contribution in [0.15, 0.2) is 42.5 Å². The molecule has 0 bridgehead atoms. The van der Waals surface area contributed by atoms with Crippen molar-refractivity contribution in [1.82, 2.24) is 0 Å². The minimum absolute atomic E-state index is 0.195. The first-order valence-corrected chi connectivity index (χ1v) is 7.24. The Morgan fingerprint density at radius 1 is 1.11 bits per heavy atom. The van der Waals surface area contributed by atoms with Crippen LogP contribution in [0.5, 0.6) is 0 Å². The van der Waals surface area contributed by atoms with Gasteiger partial charge in [-0.25, -0.2) is 4.39 Å². The predicted octanol–water partition coefficient (Wildman–Crippen LogP) is 4.29. The van der Waals surface area contributed by atoms with Gasteiger partial charge in [0.15, 0.2) is 0 Å².